The van der Waals surface area contributed by atoms with Crippen molar-refractivity contribution in [1.29, 1.82) is 0 Å². The molecule has 2 unspecified atom stereocenters. The lowest BCUT2D eigenvalue weighted by atomic mass is 10.1. The molecule has 1 rings (SSSR count). The third-order valence-corrected chi connectivity index (χ3v) is 2.41. The lowest BCUT2D eigenvalue weighted by Gasteiger charge is -2.15. The van der Waals surface area contributed by atoms with Gasteiger partial charge in [0.25, 0.3) is 0 Å². The molecular formula is C13H21NO2. The van der Waals surface area contributed by atoms with Crippen LogP contribution in [-0.4, -0.2) is 24.4 Å². The molecule has 0 radical (unpaired) electrons. The van der Waals surface area contributed by atoms with Gasteiger partial charge in [0.2, 0.25) is 0 Å². The highest BCUT2D eigenvalue weighted by atomic mass is 16.5. The maximum absolute atomic E-state index is 9.18. The van der Waals surface area contributed by atoms with Crippen LogP contribution < -0.4 is 10.1 Å². The normalized spacial score (nSPS) is 14.5. The third-order valence-electron chi connectivity index (χ3n) is 2.41. The fourth-order valence-electron chi connectivity index (χ4n) is 1.48. The van der Waals surface area contributed by atoms with Gasteiger partial charge in [-0.05, 0) is 38.5 Å². The van der Waals surface area contributed by atoms with Gasteiger partial charge in [0.1, 0.15) is 5.75 Å². The number of ether oxygens (including phenoxy) is 1. The zero-order valence-electron chi connectivity index (χ0n) is 10.2. The fourth-order valence-corrected chi connectivity index (χ4v) is 1.48. The number of hydrogen-bond acceptors (Lipinski definition) is 3. The number of benzene rings is 1. The van der Waals surface area contributed by atoms with E-state index in [1.165, 1.54) is 5.56 Å². The molecule has 0 aliphatic rings. The van der Waals surface area contributed by atoms with Crippen LogP contribution in [-0.2, 0) is 0 Å². The van der Waals surface area contributed by atoms with E-state index in [1.54, 1.807) is 6.92 Å². The minimum atomic E-state index is -0.315. The van der Waals surface area contributed by atoms with Crippen molar-refractivity contribution >= 4 is 0 Å². The van der Waals surface area contributed by atoms with Gasteiger partial charge in [-0.2, -0.15) is 0 Å². The molecule has 0 saturated carbocycles. The second-order valence-corrected chi connectivity index (χ2v) is 3.98. The Morgan fingerprint density at radius 3 is 2.38 bits per heavy atom. The van der Waals surface area contributed by atoms with E-state index in [0.29, 0.717) is 13.2 Å². The number of aliphatic hydroxyl groups excluding tert-OH is 1. The van der Waals surface area contributed by atoms with Gasteiger partial charge in [0, 0.05) is 12.6 Å². The summed E-state index contributed by atoms with van der Waals surface area (Å²) >= 11 is 0. The average Bonchev–Trinajstić information content (AvgIpc) is 2.27. The molecule has 0 spiro atoms. The Morgan fingerprint density at radius 2 is 1.88 bits per heavy atom. The molecule has 1 aromatic rings. The summed E-state index contributed by atoms with van der Waals surface area (Å²) in [7, 11) is 0. The van der Waals surface area contributed by atoms with E-state index < -0.39 is 0 Å². The molecule has 0 aliphatic heterocycles. The number of nitrogens with one attached hydrogen (secondary N) is 1. The lowest BCUT2D eigenvalue weighted by Crippen LogP contribution is -2.27. The molecule has 1 aromatic carbocycles. The first-order chi connectivity index (χ1) is 7.63. The minimum Gasteiger partial charge on any atom is -0.494 e. The molecule has 2 N–H and O–H groups in total. The summed E-state index contributed by atoms with van der Waals surface area (Å²) in [4.78, 5) is 0. The highest BCUT2D eigenvalue weighted by Gasteiger charge is 2.05. The van der Waals surface area contributed by atoms with E-state index in [2.05, 4.69) is 12.2 Å². The van der Waals surface area contributed by atoms with Gasteiger partial charge in [0.05, 0.1) is 12.7 Å². The van der Waals surface area contributed by atoms with Gasteiger partial charge in [-0.25, -0.2) is 0 Å². The van der Waals surface area contributed by atoms with Crippen LogP contribution in [0.1, 0.15) is 32.4 Å². The molecule has 3 heteroatoms. The summed E-state index contributed by atoms with van der Waals surface area (Å²) in [6, 6.07) is 8.28. The zero-order valence-corrected chi connectivity index (χ0v) is 10.2. The van der Waals surface area contributed by atoms with Crippen LogP contribution in [0.5, 0.6) is 5.75 Å². The molecule has 0 bridgehead atoms. The highest BCUT2D eigenvalue weighted by molar-refractivity contribution is 5.28. The monoisotopic (exact) mass is 223 g/mol. The van der Waals surface area contributed by atoms with Gasteiger partial charge in [0.15, 0.2) is 0 Å². The molecule has 0 aromatic heterocycles. The average molecular weight is 223 g/mol. The molecule has 0 amide bonds. The summed E-state index contributed by atoms with van der Waals surface area (Å²) in [6.45, 7) is 7.13. The molecule has 0 fully saturated rings. The van der Waals surface area contributed by atoms with Crippen molar-refractivity contribution in [1.82, 2.24) is 5.32 Å². The summed E-state index contributed by atoms with van der Waals surface area (Å²) in [5, 5.41) is 12.4. The molecule has 0 aliphatic carbocycles. The summed E-state index contributed by atoms with van der Waals surface area (Å²) in [6.07, 6.45) is -0.315. The molecule has 3 nitrogen and oxygen atoms in total. The van der Waals surface area contributed by atoms with Crippen LogP contribution >= 0.6 is 0 Å². The van der Waals surface area contributed by atoms with Crippen molar-refractivity contribution in [3.8, 4) is 5.75 Å². The predicted molar refractivity (Wildman–Crippen MR) is 65.7 cm³/mol. The van der Waals surface area contributed by atoms with Crippen LogP contribution in [0, 0.1) is 0 Å². The molecule has 0 saturated heterocycles. The van der Waals surface area contributed by atoms with Gasteiger partial charge >= 0.3 is 0 Å². The molecule has 16 heavy (non-hydrogen) atoms. The van der Waals surface area contributed by atoms with E-state index in [0.717, 1.165) is 5.75 Å². The van der Waals surface area contributed by atoms with E-state index in [1.807, 2.05) is 31.2 Å². The van der Waals surface area contributed by atoms with Gasteiger partial charge in [-0.15, -0.1) is 0 Å². The maximum Gasteiger partial charge on any atom is 0.119 e. The largest absolute Gasteiger partial charge is 0.494 e. The number of rotatable bonds is 6. The first kappa shape index (κ1) is 13.0. The zero-order chi connectivity index (χ0) is 12.0. The van der Waals surface area contributed by atoms with E-state index in [-0.39, 0.29) is 12.1 Å². The van der Waals surface area contributed by atoms with Crippen LogP contribution in [0.15, 0.2) is 24.3 Å². The van der Waals surface area contributed by atoms with E-state index in [9.17, 15) is 5.11 Å². The van der Waals surface area contributed by atoms with Crippen molar-refractivity contribution < 1.29 is 9.84 Å². The SMILES string of the molecule is CCOc1ccc(C(C)NCC(C)O)cc1. The topological polar surface area (TPSA) is 41.5 Å². The first-order valence-electron chi connectivity index (χ1n) is 5.77. The Labute approximate surface area is 97.4 Å². The summed E-state index contributed by atoms with van der Waals surface area (Å²) in [5.41, 5.74) is 1.20. The number of hydrogen-bond donors (Lipinski definition) is 2. The van der Waals surface area contributed by atoms with Crippen LogP contribution in [0.3, 0.4) is 0 Å². The molecule has 90 valence electrons. The highest BCUT2D eigenvalue weighted by Crippen LogP contribution is 2.17. The Balaban J connectivity index is 2.52. The second kappa shape index (κ2) is 6.51. The van der Waals surface area contributed by atoms with Crippen LogP contribution in [0.25, 0.3) is 0 Å². The van der Waals surface area contributed by atoms with Crippen molar-refractivity contribution in [2.75, 3.05) is 13.2 Å². The first-order valence-corrected chi connectivity index (χ1v) is 5.77. The maximum atomic E-state index is 9.18. The molecule has 0 heterocycles. The number of aliphatic hydroxyl groups is 1. The van der Waals surface area contributed by atoms with Crippen molar-refractivity contribution in [2.45, 2.75) is 32.9 Å². The Kier molecular flexibility index (Phi) is 5.29. The van der Waals surface area contributed by atoms with Crippen LogP contribution in [0.2, 0.25) is 0 Å². The quantitative estimate of drug-likeness (QED) is 0.776. The third kappa shape index (κ3) is 4.21. The molecular weight excluding hydrogens is 202 g/mol. The Hall–Kier alpha value is -1.06. The van der Waals surface area contributed by atoms with Gasteiger partial charge in [-0.1, -0.05) is 12.1 Å². The Morgan fingerprint density at radius 1 is 1.25 bits per heavy atom. The summed E-state index contributed by atoms with van der Waals surface area (Å²) in [5.74, 6) is 0.897. The van der Waals surface area contributed by atoms with E-state index >= 15 is 0 Å². The minimum absolute atomic E-state index is 0.241. The van der Waals surface area contributed by atoms with Gasteiger partial charge in [-0.3, -0.25) is 0 Å². The summed E-state index contributed by atoms with van der Waals surface area (Å²) < 4.78 is 5.38. The van der Waals surface area contributed by atoms with Crippen molar-refractivity contribution in [3.05, 3.63) is 29.8 Å². The smallest absolute Gasteiger partial charge is 0.119 e. The lowest BCUT2D eigenvalue weighted by molar-refractivity contribution is 0.187. The van der Waals surface area contributed by atoms with Gasteiger partial charge < -0.3 is 15.2 Å². The van der Waals surface area contributed by atoms with E-state index in [4.69, 9.17) is 4.74 Å². The second-order valence-electron chi connectivity index (χ2n) is 3.98. The Bertz CT molecular complexity index is 295. The molecule has 2 atom stereocenters. The van der Waals surface area contributed by atoms with Crippen molar-refractivity contribution in [2.24, 2.45) is 0 Å². The fraction of sp³-hybridized carbons (Fsp3) is 0.538. The van der Waals surface area contributed by atoms with Crippen molar-refractivity contribution in [3.63, 3.8) is 0 Å². The standard InChI is InChI=1S/C13H21NO2/c1-4-16-13-7-5-12(6-8-13)11(3)14-9-10(2)15/h5-8,10-11,14-15H,4,9H2,1-3H3. The predicted octanol–water partition coefficient (Wildman–Crippen LogP) is 2.12. The van der Waals surface area contributed by atoms with Crippen LogP contribution in [0.4, 0.5) is 0 Å².